The molecule has 0 radical (unpaired) electrons. The molecule has 1 aromatic carbocycles. The predicted molar refractivity (Wildman–Crippen MR) is 161 cm³/mol. The van der Waals surface area contributed by atoms with Gasteiger partial charge in [-0.3, -0.25) is 19.4 Å². The summed E-state index contributed by atoms with van der Waals surface area (Å²) < 4.78 is 12.3. The standard InChI is InChI=1S/C30H41N7O8/c1-36-12-9-30-17-6-8-21(26(30)45-25-20(38)7-5-16(24(25)30)14-19(17)36)44-29(43)37(2)13-11-33-27(42)18(4-3-10-34-28(31)32)35-22(39)15-23(40)41/h5,7-8,17-19,26,38H,3-4,6,9-15H2,1-2H3,(H,33,42)(H,35,39)(H,40,41)(H4,31,32,34)/t17?,18-,19-,26+,30+/m1/s1. The Morgan fingerprint density at radius 2 is 2.07 bits per heavy atom. The van der Waals surface area contributed by atoms with Crippen LogP contribution in [0.5, 0.6) is 11.5 Å². The van der Waals surface area contributed by atoms with Crippen molar-refractivity contribution in [3.63, 3.8) is 0 Å². The summed E-state index contributed by atoms with van der Waals surface area (Å²) in [6.45, 7) is 1.23. The van der Waals surface area contributed by atoms with Crippen LogP contribution in [0.4, 0.5) is 4.79 Å². The maximum absolute atomic E-state index is 13.2. The molecule has 4 aliphatic rings. The van der Waals surface area contributed by atoms with Crippen LogP contribution < -0.4 is 26.8 Å². The number of carbonyl (C=O) groups is 4. The molecule has 1 spiro atoms. The fourth-order valence-electron chi connectivity index (χ4n) is 7.31. The Morgan fingerprint density at radius 1 is 1.29 bits per heavy atom. The van der Waals surface area contributed by atoms with E-state index in [1.807, 2.05) is 12.1 Å². The Labute approximate surface area is 260 Å². The van der Waals surface area contributed by atoms with E-state index in [0.717, 1.165) is 30.5 Å². The van der Waals surface area contributed by atoms with Crippen LogP contribution in [0.15, 0.2) is 29.0 Å². The number of ether oxygens (including phenoxy) is 2. The largest absolute Gasteiger partial charge is 0.504 e. The average Bonchev–Trinajstić information content (AvgIpc) is 3.33. The fourth-order valence-corrected chi connectivity index (χ4v) is 7.31. The third-order valence-corrected chi connectivity index (χ3v) is 9.40. The van der Waals surface area contributed by atoms with Crippen molar-refractivity contribution in [2.45, 2.75) is 62.1 Å². The summed E-state index contributed by atoms with van der Waals surface area (Å²) >= 11 is 0. The van der Waals surface area contributed by atoms with Gasteiger partial charge in [-0.2, -0.15) is 0 Å². The number of allylic oxidation sites excluding steroid dienone is 1. The van der Waals surface area contributed by atoms with Crippen molar-refractivity contribution in [2.75, 3.05) is 40.3 Å². The first-order valence-electron chi connectivity index (χ1n) is 15.1. The van der Waals surface area contributed by atoms with Crippen LogP contribution in [-0.2, 0) is 31.0 Å². The number of aliphatic imine (C=N–C) groups is 1. The highest BCUT2D eigenvalue weighted by Gasteiger charge is 2.64. The predicted octanol–water partition coefficient (Wildman–Crippen LogP) is -0.247. The molecular formula is C30H41N7O8. The quantitative estimate of drug-likeness (QED) is 0.0767. The second kappa shape index (κ2) is 12.8. The highest BCUT2D eigenvalue weighted by molar-refractivity contribution is 5.96. The molecule has 244 valence electrons. The fraction of sp³-hybridized carbons (Fsp3) is 0.567. The number of carboxylic acid groups (broad SMARTS) is 1. The lowest BCUT2D eigenvalue weighted by molar-refractivity contribution is -0.141. The molecule has 8 N–H and O–H groups in total. The molecule has 2 aliphatic heterocycles. The molecule has 1 fully saturated rings. The first-order chi connectivity index (χ1) is 21.4. The lowest BCUT2D eigenvalue weighted by Crippen LogP contribution is -2.63. The van der Waals surface area contributed by atoms with Crippen molar-refractivity contribution in [3.8, 4) is 11.5 Å². The number of carbonyl (C=O) groups excluding carboxylic acids is 3. The van der Waals surface area contributed by atoms with E-state index < -0.39 is 47.9 Å². The van der Waals surface area contributed by atoms with Gasteiger partial charge in [-0.15, -0.1) is 0 Å². The number of phenols is 1. The maximum Gasteiger partial charge on any atom is 0.414 e. The number of phenolic OH excluding ortho intramolecular Hbond substituents is 1. The normalized spacial score (nSPS) is 24.7. The molecule has 1 saturated heterocycles. The summed E-state index contributed by atoms with van der Waals surface area (Å²) in [6, 6.07) is 2.94. The third-order valence-electron chi connectivity index (χ3n) is 9.40. The van der Waals surface area contributed by atoms with Gasteiger partial charge in [0.05, 0.1) is 0 Å². The van der Waals surface area contributed by atoms with Gasteiger partial charge in [-0.25, -0.2) is 4.79 Å². The Hall–Kier alpha value is -4.53. The minimum atomic E-state index is -1.32. The minimum Gasteiger partial charge on any atom is -0.504 e. The van der Waals surface area contributed by atoms with Gasteiger partial charge in [0.2, 0.25) is 11.8 Å². The van der Waals surface area contributed by atoms with E-state index in [-0.39, 0.29) is 43.7 Å². The molecule has 2 bridgehead atoms. The summed E-state index contributed by atoms with van der Waals surface area (Å²) in [5.41, 5.74) is 12.5. The number of nitrogens with zero attached hydrogens (tertiary/aromatic N) is 3. The number of nitrogens with two attached hydrogens (primary N) is 2. The molecule has 2 aliphatic carbocycles. The van der Waals surface area contributed by atoms with Gasteiger partial charge in [0, 0.05) is 43.7 Å². The third kappa shape index (κ3) is 6.21. The van der Waals surface area contributed by atoms with E-state index in [0.29, 0.717) is 30.4 Å². The second-order valence-electron chi connectivity index (χ2n) is 12.2. The number of carboxylic acids is 1. The number of hydrogen-bond acceptors (Lipinski definition) is 9. The number of likely N-dealkylation sites (tertiary alicyclic amines) is 1. The summed E-state index contributed by atoms with van der Waals surface area (Å²) in [5, 5.41) is 24.7. The molecule has 5 rings (SSSR count). The van der Waals surface area contributed by atoms with E-state index in [1.54, 1.807) is 13.1 Å². The lowest BCUT2D eigenvalue weighted by Gasteiger charge is -2.56. The number of amides is 3. The molecule has 5 atom stereocenters. The van der Waals surface area contributed by atoms with Crippen LogP contribution >= 0.6 is 0 Å². The van der Waals surface area contributed by atoms with Gasteiger partial charge in [-0.1, -0.05) is 6.07 Å². The molecular weight excluding hydrogens is 586 g/mol. The van der Waals surface area contributed by atoms with Crippen molar-refractivity contribution in [1.29, 1.82) is 0 Å². The van der Waals surface area contributed by atoms with Crippen LogP contribution in [0, 0.1) is 5.92 Å². The molecule has 1 aromatic rings. The molecule has 3 amide bonds. The van der Waals surface area contributed by atoms with Crippen LogP contribution in [0.25, 0.3) is 0 Å². The number of guanidine groups is 1. The SMILES string of the molecule is CN(CCNC(=O)[C@@H](CCCN=C(N)N)NC(=O)CC(=O)O)C(=O)OC1=CCC2[C@H]3Cc4ccc(O)c5c4[C@@]2(CCN3C)[C@H]1O5. The summed E-state index contributed by atoms with van der Waals surface area (Å²) in [6.07, 6.45) is 2.90. The minimum absolute atomic E-state index is 0.0469. The number of rotatable bonds is 12. The number of hydrogen-bond donors (Lipinski definition) is 6. The molecule has 0 saturated carbocycles. The lowest BCUT2D eigenvalue weighted by atomic mass is 9.53. The Kier molecular flexibility index (Phi) is 9.09. The molecule has 2 heterocycles. The number of likely N-dealkylation sites (N-methyl/N-ethyl adjacent to an activating group) is 2. The van der Waals surface area contributed by atoms with E-state index >= 15 is 0 Å². The Bertz CT molecular complexity index is 1430. The molecule has 15 heteroatoms. The van der Waals surface area contributed by atoms with E-state index in [2.05, 4.69) is 27.6 Å². The molecule has 45 heavy (non-hydrogen) atoms. The molecule has 1 unspecified atom stereocenters. The number of benzene rings is 1. The van der Waals surface area contributed by atoms with Gasteiger partial charge in [0.15, 0.2) is 23.6 Å². The first-order valence-corrected chi connectivity index (χ1v) is 15.1. The number of aliphatic carboxylic acids is 1. The van der Waals surface area contributed by atoms with Crippen LogP contribution in [-0.4, -0.2) is 108 Å². The molecule has 15 nitrogen and oxygen atoms in total. The Balaban J connectivity index is 1.20. The highest BCUT2D eigenvalue weighted by atomic mass is 16.6. The van der Waals surface area contributed by atoms with Crippen LogP contribution in [0.2, 0.25) is 0 Å². The van der Waals surface area contributed by atoms with E-state index in [9.17, 15) is 24.3 Å². The van der Waals surface area contributed by atoms with Crippen molar-refractivity contribution >= 4 is 29.8 Å². The number of piperidine rings is 1. The summed E-state index contributed by atoms with van der Waals surface area (Å²) in [4.78, 5) is 56.6. The van der Waals surface area contributed by atoms with Crippen LogP contribution in [0.1, 0.15) is 43.2 Å². The van der Waals surface area contributed by atoms with Gasteiger partial charge >= 0.3 is 12.1 Å². The van der Waals surface area contributed by atoms with Crippen molar-refractivity contribution in [1.82, 2.24) is 20.4 Å². The smallest absolute Gasteiger partial charge is 0.414 e. The van der Waals surface area contributed by atoms with E-state index in [4.69, 9.17) is 26.0 Å². The Morgan fingerprint density at radius 3 is 2.80 bits per heavy atom. The van der Waals surface area contributed by atoms with Crippen molar-refractivity contribution < 1.29 is 38.9 Å². The summed E-state index contributed by atoms with van der Waals surface area (Å²) in [5.74, 6) is -1.53. The zero-order chi connectivity index (χ0) is 32.5. The van der Waals surface area contributed by atoms with Gasteiger partial charge < -0.3 is 51.6 Å². The average molecular weight is 628 g/mol. The van der Waals surface area contributed by atoms with Crippen molar-refractivity contribution in [3.05, 3.63) is 35.1 Å². The monoisotopic (exact) mass is 627 g/mol. The van der Waals surface area contributed by atoms with Gasteiger partial charge in [-0.05, 0) is 69.3 Å². The first kappa shape index (κ1) is 31.9. The zero-order valence-electron chi connectivity index (χ0n) is 25.5. The molecule has 0 aromatic heterocycles. The van der Waals surface area contributed by atoms with Crippen molar-refractivity contribution in [2.24, 2.45) is 22.4 Å². The zero-order valence-corrected chi connectivity index (χ0v) is 25.5. The summed E-state index contributed by atoms with van der Waals surface area (Å²) in [7, 11) is 3.68. The topological polar surface area (TPSA) is 222 Å². The van der Waals surface area contributed by atoms with Gasteiger partial charge in [0.25, 0.3) is 0 Å². The number of nitrogens with one attached hydrogen (secondary N) is 2. The van der Waals surface area contributed by atoms with Crippen LogP contribution in [0.3, 0.4) is 0 Å². The second-order valence-corrected chi connectivity index (χ2v) is 12.2. The van der Waals surface area contributed by atoms with Gasteiger partial charge in [0.1, 0.15) is 18.2 Å². The highest BCUT2D eigenvalue weighted by Crippen LogP contribution is 2.63. The maximum atomic E-state index is 13.2. The number of aromatic hydroxyl groups is 1. The van der Waals surface area contributed by atoms with E-state index in [1.165, 1.54) is 4.90 Å².